The molecule has 3 aromatic carbocycles. The number of unbranched alkanes of at least 4 members (excludes halogenated alkanes) is 9. The molecule has 0 N–H and O–H groups in total. The number of hydrogen-bond donors (Lipinski definition) is 0. The Morgan fingerprint density at radius 2 is 0.969 bits per heavy atom. The van der Waals surface area contributed by atoms with Crippen LogP contribution in [0.4, 0.5) is 74.6 Å². The third-order valence-corrected chi connectivity index (χ3v) is 10.4. The highest BCUT2D eigenvalue weighted by atomic mass is 19.4. The number of carbonyl (C=O) groups excluding carboxylic acids is 2. The first-order valence-electron chi connectivity index (χ1n) is 20.3. The molecule has 366 valence electrons. The lowest BCUT2D eigenvalue weighted by Gasteiger charge is -2.42. The molecule has 0 amide bonds. The molecule has 0 radical (unpaired) electrons. The number of hydrogen-bond acceptors (Lipinski definition) is 5. The zero-order chi connectivity index (χ0) is 49.3. The van der Waals surface area contributed by atoms with Gasteiger partial charge in [0, 0.05) is 6.42 Å². The summed E-state index contributed by atoms with van der Waals surface area (Å²) in [6, 6.07) is 15.0. The summed E-state index contributed by atoms with van der Waals surface area (Å²) in [5, 5.41) is 0.937. The molecule has 0 aliphatic carbocycles. The van der Waals surface area contributed by atoms with E-state index in [4.69, 9.17) is 9.47 Å². The van der Waals surface area contributed by atoms with Gasteiger partial charge in [-0.15, -0.1) is 0 Å². The van der Waals surface area contributed by atoms with E-state index in [0.717, 1.165) is 19.3 Å². The van der Waals surface area contributed by atoms with Gasteiger partial charge in [-0.2, -0.15) is 74.6 Å². The molecule has 0 aliphatic rings. The molecule has 0 heterocycles. The van der Waals surface area contributed by atoms with Crippen molar-refractivity contribution in [2.45, 2.75) is 144 Å². The number of fused-ring (bicyclic) bond motifs is 1. The van der Waals surface area contributed by atoms with Gasteiger partial charge in [-0.05, 0) is 72.5 Å². The maximum absolute atomic E-state index is 14.2. The summed E-state index contributed by atoms with van der Waals surface area (Å²) in [6.07, 6.45) is -0.348. The van der Waals surface area contributed by atoms with Crippen molar-refractivity contribution in [1.29, 1.82) is 0 Å². The van der Waals surface area contributed by atoms with Gasteiger partial charge in [-0.25, -0.2) is 4.79 Å². The highest BCUT2D eigenvalue weighted by Gasteiger charge is 2.95. The highest BCUT2D eigenvalue weighted by molar-refractivity contribution is 5.92. The first-order valence-corrected chi connectivity index (χ1v) is 20.3. The molecule has 5 nitrogen and oxygen atoms in total. The SMILES string of the molecule is CCCCCCCCCCCCOc1ccc(C(=O)Oc2ccc3cc(C(C)C(=O)OCCCC(F)(F)C(F)(F)C(F)(F)C(F)(F)C(F)(F)C(F)(F)C(F)(F)C(F)(F)F)ccc3c2)cc1. The molecule has 0 aliphatic heterocycles. The Hall–Kier alpha value is -4.53. The van der Waals surface area contributed by atoms with E-state index in [0.29, 0.717) is 23.1 Å². The summed E-state index contributed by atoms with van der Waals surface area (Å²) in [7, 11) is 0. The van der Waals surface area contributed by atoms with Gasteiger partial charge in [0.05, 0.1) is 24.7 Å². The molecule has 0 saturated carbocycles. The minimum absolute atomic E-state index is 0.127. The molecular formula is C43H45F17O5. The van der Waals surface area contributed by atoms with Crippen LogP contribution >= 0.6 is 0 Å². The van der Waals surface area contributed by atoms with Crippen LogP contribution in [-0.2, 0) is 9.53 Å². The molecule has 22 heteroatoms. The summed E-state index contributed by atoms with van der Waals surface area (Å²) in [5.74, 6) is -59.5. The average molecular weight is 965 g/mol. The molecule has 0 saturated heterocycles. The van der Waals surface area contributed by atoms with Crippen LogP contribution in [0.1, 0.15) is 113 Å². The second-order valence-corrected chi connectivity index (χ2v) is 15.4. The molecule has 1 atom stereocenters. The monoisotopic (exact) mass is 964 g/mol. The fraction of sp³-hybridized carbons (Fsp3) is 0.581. The topological polar surface area (TPSA) is 61.8 Å². The third kappa shape index (κ3) is 12.1. The summed E-state index contributed by atoms with van der Waals surface area (Å²) in [6.45, 7) is 2.57. The Bertz CT molecular complexity index is 2020. The maximum atomic E-state index is 14.2. The number of alkyl halides is 17. The number of esters is 2. The second-order valence-electron chi connectivity index (χ2n) is 15.4. The minimum atomic E-state index is -8.71. The van der Waals surface area contributed by atoms with Gasteiger partial charge in [0.15, 0.2) is 0 Å². The lowest BCUT2D eigenvalue weighted by Crippen LogP contribution is -2.74. The van der Waals surface area contributed by atoms with E-state index in [-0.39, 0.29) is 16.9 Å². The van der Waals surface area contributed by atoms with Gasteiger partial charge in [-0.3, -0.25) is 4.79 Å². The average Bonchev–Trinajstić information content (AvgIpc) is 3.23. The van der Waals surface area contributed by atoms with Crippen molar-refractivity contribution in [1.82, 2.24) is 0 Å². The number of carbonyl (C=O) groups is 2. The Labute approximate surface area is 362 Å². The summed E-state index contributed by atoms with van der Waals surface area (Å²) in [5.41, 5.74) is 0.413. The molecule has 0 spiro atoms. The van der Waals surface area contributed by atoms with Crippen molar-refractivity contribution in [3.05, 3.63) is 71.8 Å². The number of ether oxygens (including phenoxy) is 3. The first kappa shape index (κ1) is 54.8. The lowest BCUT2D eigenvalue weighted by molar-refractivity contribution is -0.461. The van der Waals surface area contributed by atoms with Crippen LogP contribution in [0.3, 0.4) is 0 Å². The van der Waals surface area contributed by atoms with Gasteiger partial charge in [0.2, 0.25) is 0 Å². The van der Waals surface area contributed by atoms with E-state index in [1.165, 1.54) is 100 Å². The minimum Gasteiger partial charge on any atom is -0.494 e. The number of benzene rings is 3. The van der Waals surface area contributed by atoms with Crippen molar-refractivity contribution < 1.29 is 98.4 Å². The fourth-order valence-corrected chi connectivity index (χ4v) is 6.29. The quantitative estimate of drug-likeness (QED) is 0.0347. The van der Waals surface area contributed by atoms with Crippen LogP contribution in [-0.4, -0.2) is 72.8 Å². The second kappa shape index (κ2) is 21.4. The lowest BCUT2D eigenvalue weighted by atomic mass is 9.88. The van der Waals surface area contributed by atoms with Crippen LogP contribution in [0.15, 0.2) is 60.7 Å². The number of halogens is 17. The van der Waals surface area contributed by atoms with Crippen molar-refractivity contribution in [3.63, 3.8) is 0 Å². The van der Waals surface area contributed by atoms with Crippen molar-refractivity contribution >= 4 is 22.7 Å². The van der Waals surface area contributed by atoms with E-state index >= 15 is 0 Å². The van der Waals surface area contributed by atoms with Crippen LogP contribution < -0.4 is 9.47 Å². The normalized spacial score (nSPS) is 14.1. The standard InChI is InChI=1S/C43H45F17O5/c1-3-4-5-6-7-8-9-10-11-12-23-63-32-19-16-28(17-20-32)35(62)65-33-21-18-30-25-29(14-15-31(30)26-33)27(2)34(61)64-24-13-22-36(44,45)37(46,47)38(48,49)39(50,51)40(52,53)41(54,55)42(56,57)43(58,59)60/h14-21,25-27H,3-13,22-24H2,1-2H3. The molecule has 3 rings (SSSR count). The summed E-state index contributed by atoms with van der Waals surface area (Å²) < 4.78 is 246. The molecule has 65 heavy (non-hydrogen) atoms. The maximum Gasteiger partial charge on any atom is 0.460 e. The Morgan fingerprint density at radius 3 is 1.51 bits per heavy atom. The smallest absolute Gasteiger partial charge is 0.460 e. The van der Waals surface area contributed by atoms with Gasteiger partial charge < -0.3 is 14.2 Å². The van der Waals surface area contributed by atoms with E-state index in [1.54, 1.807) is 12.1 Å². The fourth-order valence-electron chi connectivity index (χ4n) is 6.29. The largest absolute Gasteiger partial charge is 0.494 e. The van der Waals surface area contributed by atoms with Crippen molar-refractivity contribution in [2.24, 2.45) is 0 Å². The number of rotatable bonds is 26. The molecular weight excluding hydrogens is 919 g/mol. The van der Waals surface area contributed by atoms with Crippen molar-refractivity contribution in [3.8, 4) is 11.5 Å². The molecule has 0 aromatic heterocycles. The Morgan fingerprint density at radius 1 is 0.508 bits per heavy atom. The van der Waals surface area contributed by atoms with Crippen LogP contribution in [0.25, 0.3) is 10.8 Å². The van der Waals surface area contributed by atoms with Crippen LogP contribution in [0.2, 0.25) is 0 Å². The predicted molar refractivity (Wildman–Crippen MR) is 202 cm³/mol. The summed E-state index contributed by atoms with van der Waals surface area (Å²) in [4.78, 5) is 25.4. The molecule has 0 bridgehead atoms. The van der Waals surface area contributed by atoms with E-state index in [1.807, 2.05) is 0 Å². The van der Waals surface area contributed by atoms with E-state index < -0.39 is 84.9 Å². The first-order chi connectivity index (χ1) is 29.9. The van der Waals surface area contributed by atoms with Crippen LogP contribution in [0.5, 0.6) is 11.5 Å². The Balaban J connectivity index is 1.53. The zero-order valence-corrected chi connectivity index (χ0v) is 34.7. The molecule has 1 unspecified atom stereocenters. The van der Waals surface area contributed by atoms with E-state index in [9.17, 15) is 84.2 Å². The summed E-state index contributed by atoms with van der Waals surface area (Å²) >= 11 is 0. The van der Waals surface area contributed by atoms with Gasteiger partial charge in [0.25, 0.3) is 0 Å². The Kier molecular flexibility index (Phi) is 18.0. The van der Waals surface area contributed by atoms with Gasteiger partial charge >= 0.3 is 59.6 Å². The van der Waals surface area contributed by atoms with Gasteiger partial charge in [0.1, 0.15) is 11.5 Å². The zero-order valence-electron chi connectivity index (χ0n) is 34.7. The molecule has 0 fully saturated rings. The third-order valence-electron chi connectivity index (χ3n) is 10.4. The highest BCUT2D eigenvalue weighted by Crippen LogP contribution is 2.64. The van der Waals surface area contributed by atoms with Gasteiger partial charge in [-0.1, -0.05) is 89.0 Å². The van der Waals surface area contributed by atoms with Crippen molar-refractivity contribution in [2.75, 3.05) is 13.2 Å². The predicted octanol–water partition coefficient (Wildman–Crippen LogP) is 14.8. The molecule has 3 aromatic rings. The van der Waals surface area contributed by atoms with Crippen LogP contribution in [0, 0.1) is 0 Å². The van der Waals surface area contributed by atoms with E-state index in [2.05, 4.69) is 11.7 Å².